The third-order valence-corrected chi connectivity index (χ3v) is 5.29. The number of fused-ring (bicyclic) bond motifs is 1. The maximum atomic E-state index is 5.89. The van der Waals surface area contributed by atoms with Gasteiger partial charge in [0, 0.05) is 18.7 Å². The molecule has 4 rings (SSSR count). The fraction of sp³-hybridized carbons (Fsp3) is 0.450. The van der Waals surface area contributed by atoms with Gasteiger partial charge in [-0.05, 0) is 59.0 Å². The molecule has 3 heterocycles. The summed E-state index contributed by atoms with van der Waals surface area (Å²) in [5.74, 6) is 2.05. The molecule has 0 bridgehead atoms. The molecule has 3 aromatic rings. The van der Waals surface area contributed by atoms with E-state index in [2.05, 4.69) is 19.3 Å². The molecule has 0 spiro atoms. The summed E-state index contributed by atoms with van der Waals surface area (Å²) in [6.45, 7) is 6.55. The van der Waals surface area contributed by atoms with Crippen molar-refractivity contribution in [2.45, 2.75) is 26.7 Å². The number of aromatic nitrogens is 4. The summed E-state index contributed by atoms with van der Waals surface area (Å²) >= 11 is 0. The van der Waals surface area contributed by atoms with Gasteiger partial charge in [-0.2, -0.15) is 4.98 Å². The Morgan fingerprint density at radius 3 is 2.64 bits per heavy atom. The van der Waals surface area contributed by atoms with Crippen molar-refractivity contribution in [3.8, 4) is 17.0 Å². The third kappa shape index (κ3) is 4.10. The molecule has 2 N–H and O–H groups in total. The summed E-state index contributed by atoms with van der Waals surface area (Å²) in [7, 11) is 4.30. The highest BCUT2D eigenvalue weighted by molar-refractivity contribution is 7.14. The van der Waals surface area contributed by atoms with Crippen LogP contribution in [0, 0.1) is 5.92 Å². The van der Waals surface area contributed by atoms with Crippen LogP contribution in [0.3, 0.4) is 0 Å². The number of nitrogens with zero attached hydrogens (tertiary/aromatic N) is 5. The van der Waals surface area contributed by atoms with Gasteiger partial charge in [0.05, 0.1) is 7.11 Å². The molecular formula is C20H29N6OP. The Bertz CT molecular complexity index is 911. The van der Waals surface area contributed by atoms with Crippen molar-refractivity contribution in [3.63, 3.8) is 0 Å². The van der Waals surface area contributed by atoms with E-state index in [1.165, 1.54) is 6.42 Å². The van der Waals surface area contributed by atoms with Crippen molar-refractivity contribution in [2.24, 2.45) is 11.7 Å². The molecule has 0 radical (unpaired) electrons. The van der Waals surface area contributed by atoms with Crippen LogP contribution in [0.2, 0.25) is 0 Å². The van der Waals surface area contributed by atoms with Gasteiger partial charge in [0.1, 0.15) is 23.3 Å². The fourth-order valence-electron chi connectivity index (χ4n) is 3.44. The molecule has 1 aliphatic heterocycles. The van der Waals surface area contributed by atoms with Crippen LogP contribution >= 0.6 is 9.39 Å². The zero-order valence-corrected chi connectivity index (χ0v) is 18.0. The summed E-state index contributed by atoms with van der Waals surface area (Å²) in [5.41, 5.74) is 9.32. The SMILES string of the molecule is CC.COc1ccc(-c2nc(N3CCCC(CN)C3)nc3c2ncn3P)cc1. The van der Waals surface area contributed by atoms with Crippen LogP contribution in [0.1, 0.15) is 26.7 Å². The van der Waals surface area contributed by atoms with Gasteiger partial charge in [0.2, 0.25) is 5.95 Å². The van der Waals surface area contributed by atoms with Gasteiger partial charge in [0.25, 0.3) is 0 Å². The second-order valence-corrected chi connectivity index (χ2v) is 7.17. The quantitative estimate of drug-likeness (QED) is 0.677. The number of nitrogens with two attached hydrogens (primary N) is 1. The molecule has 7 nitrogen and oxygen atoms in total. The van der Waals surface area contributed by atoms with Gasteiger partial charge < -0.3 is 15.4 Å². The zero-order chi connectivity index (χ0) is 20.1. The van der Waals surface area contributed by atoms with E-state index in [1.54, 1.807) is 13.4 Å². The van der Waals surface area contributed by atoms with Crippen LogP contribution in [-0.4, -0.2) is 46.0 Å². The minimum atomic E-state index is 0.494. The van der Waals surface area contributed by atoms with Crippen molar-refractivity contribution in [3.05, 3.63) is 30.6 Å². The maximum absolute atomic E-state index is 5.89. The third-order valence-electron chi connectivity index (χ3n) is 4.91. The van der Waals surface area contributed by atoms with Crippen LogP contribution < -0.4 is 15.4 Å². The Kier molecular flexibility index (Phi) is 6.81. The normalized spacial score (nSPS) is 16.6. The number of ether oxygens (including phenoxy) is 1. The number of imidazole rings is 1. The molecule has 28 heavy (non-hydrogen) atoms. The molecule has 2 unspecified atom stereocenters. The molecule has 0 amide bonds. The van der Waals surface area contributed by atoms with E-state index < -0.39 is 0 Å². The monoisotopic (exact) mass is 400 g/mol. The molecule has 2 atom stereocenters. The van der Waals surface area contributed by atoms with Gasteiger partial charge >= 0.3 is 0 Å². The van der Waals surface area contributed by atoms with Gasteiger partial charge in [-0.3, -0.25) is 4.34 Å². The molecule has 0 aliphatic carbocycles. The fourth-order valence-corrected chi connectivity index (χ4v) is 3.68. The number of hydrogen-bond donors (Lipinski definition) is 1. The van der Waals surface area contributed by atoms with Crippen molar-refractivity contribution in [2.75, 3.05) is 31.6 Å². The van der Waals surface area contributed by atoms with Crippen LogP contribution in [-0.2, 0) is 0 Å². The lowest BCUT2D eigenvalue weighted by molar-refractivity contribution is 0.415. The molecule has 2 aromatic heterocycles. The smallest absolute Gasteiger partial charge is 0.228 e. The van der Waals surface area contributed by atoms with E-state index in [9.17, 15) is 0 Å². The topological polar surface area (TPSA) is 82.1 Å². The average Bonchev–Trinajstić information content (AvgIpc) is 3.15. The number of benzene rings is 1. The number of hydrogen-bond acceptors (Lipinski definition) is 6. The van der Waals surface area contributed by atoms with Crippen LogP contribution in [0.5, 0.6) is 5.75 Å². The minimum Gasteiger partial charge on any atom is -0.497 e. The average molecular weight is 400 g/mol. The van der Waals surface area contributed by atoms with E-state index in [0.29, 0.717) is 12.5 Å². The first-order valence-electron chi connectivity index (χ1n) is 9.79. The standard InChI is InChI=1S/C18H23N6OP.C2H6/c1-25-14-6-4-13(5-7-14)15-16-17(24(26)11-20-16)22-18(21-15)23-8-2-3-12(9-19)10-23;1-2/h4-7,11-12H,2-3,8-10,19,26H2,1H3;1-2H3. The van der Waals surface area contributed by atoms with Crippen molar-refractivity contribution < 1.29 is 4.74 Å². The van der Waals surface area contributed by atoms with Crippen molar-refractivity contribution in [1.29, 1.82) is 0 Å². The first-order chi connectivity index (χ1) is 13.7. The summed E-state index contributed by atoms with van der Waals surface area (Å²) in [6, 6.07) is 7.88. The van der Waals surface area contributed by atoms with Gasteiger partial charge in [-0.15, -0.1) is 0 Å². The van der Waals surface area contributed by atoms with Crippen LogP contribution in [0.4, 0.5) is 5.95 Å². The predicted molar refractivity (Wildman–Crippen MR) is 118 cm³/mol. The highest BCUT2D eigenvalue weighted by Gasteiger charge is 2.23. The zero-order valence-electron chi connectivity index (χ0n) is 16.8. The first-order valence-corrected chi connectivity index (χ1v) is 10.3. The minimum absolute atomic E-state index is 0.494. The van der Waals surface area contributed by atoms with E-state index in [4.69, 9.17) is 20.4 Å². The van der Waals surface area contributed by atoms with E-state index >= 15 is 0 Å². The molecule has 1 fully saturated rings. The Morgan fingerprint density at radius 2 is 1.96 bits per heavy atom. The van der Waals surface area contributed by atoms with Gasteiger partial charge in [-0.25, -0.2) is 9.97 Å². The Labute approximate surface area is 168 Å². The highest BCUT2D eigenvalue weighted by atomic mass is 31.0. The van der Waals surface area contributed by atoms with Crippen LogP contribution in [0.25, 0.3) is 22.4 Å². The molecule has 1 saturated heterocycles. The predicted octanol–water partition coefficient (Wildman–Crippen LogP) is 3.34. The van der Waals surface area contributed by atoms with Gasteiger partial charge in [-0.1, -0.05) is 13.8 Å². The van der Waals surface area contributed by atoms with Crippen molar-refractivity contribution in [1.82, 2.24) is 19.3 Å². The summed E-state index contributed by atoms with van der Waals surface area (Å²) in [5, 5.41) is 0. The molecular weight excluding hydrogens is 371 g/mol. The van der Waals surface area contributed by atoms with Crippen molar-refractivity contribution >= 4 is 26.5 Å². The van der Waals surface area contributed by atoms with Crippen LogP contribution in [0.15, 0.2) is 30.6 Å². The van der Waals surface area contributed by atoms with E-state index in [-0.39, 0.29) is 0 Å². The molecule has 1 aliphatic rings. The Morgan fingerprint density at radius 1 is 1.21 bits per heavy atom. The lowest BCUT2D eigenvalue weighted by Gasteiger charge is -2.32. The number of methoxy groups -OCH3 is 1. The van der Waals surface area contributed by atoms with Gasteiger partial charge in [0.15, 0.2) is 5.65 Å². The summed E-state index contributed by atoms with van der Waals surface area (Å²) in [4.78, 5) is 16.4. The largest absolute Gasteiger partial charge is 0.497 e. The Hall–Kier alpha value is -2.24. The Balaban J connectivity index is 0.00000109. The first kappa shape index (κ1) is 20.5. The number of rotatable bonds is 4. The second-order valence-electron chi connectivity index (χ2n) is 6.61. The molecule has 1 aromatic carbocycles. The summed E-state index contributed by atoms with van der Waals surface area (Å²) < 4.78 is 7.12. The molecule has 8 heteroatoms. The number of anilines is 1. The van der Waals surface area contributed by atoms with E-state index in [0.717, 1.165) is 53.6 Å². The number of piperidine rings is 1. The molecule has 0 saturated carbocycles. The highest BCUT2D eigenvalue weighted by Crippen LogP contribution is 2.30. The lowest BCUT2D eigenvalue weighted by Crippen LogP contribution is -2.39. The van der Waals surface area contributed by atoms with E-state index in [1.807, 2.05) is 42.5 Å². The summed E-state index contributed by atoms with van der Waals surface area (Å²) in [6.07, 6.45) is 4.03. The maximum Gasteiger partial charge on any atom is 0.228 e. The second kappa shape index (κ2) is 9.30. The lowest BCUT2D eigenvalue weighted by atomic mass is 9.99. The molecule has 150 valence electrons.